The lowest BCUT2D eigenvalue weighted by Crippen LogP contribution is -2.29. The zero-order chi connectivity index (χ0) is 22.3. The zero-order valence-electron chi connectivity index (χ0n) is 18.0. The highest BCUT2D eigenvalue weighted by Gasteiger charge is 2.22. The lowest BCUT2D eigenvalue weighted by molar-refractivity contribution is -0.121. The first-order valence-corrected chi connectivity index (χ1v) is 10.8. The SMILES string of the molecule is CCOc1ccc(C(NC(=O)CCc2ccccc2)c2ccc3cccnc3c2O)cc1. The van der Waals surface area contributed by atoms with Crippen molar-refractivity contribution in [3.8, 4) is 11.5 Å². The van der Waals surface area contributed by atoms with E-state index in [-0.39, 0.29) is 11.7 Å². The van der Waals surface area contributed by atoms with Crippen LogP contribution in [0.15, 0.2) is 85.1 Å². The molecule has 4 rings (SSSR count). The first-order valence-electron chi connectivity index (χ1n) is 10.8. The van der Waals surface area contributed by atoms with E-state index in [1.165, 1.54) is 0 Å². The number of carbonyl (C=O) groups is 1. The number of fused-ring (bicyclic) bond motifs is 1. The first kappa shape index (κ1) is 21.4. The fourth-order valence-electron chi connectivity index (χ4n) is 3.78. The van der Waals surface area contributed by atoms with Gasteiger partial charge in [0.25, 0.3) is 0 Å². The van der Waals surface area contributed by atoms with Gasteiger partial charge in [0.2, 0.25) is 5.91 Å². The van der Waals surface area contributed by atoms with E-state index in [1.54, 1.807) is 6.20 Å². The summed E-state index contributed by atoms with van der Waals surface area (Å²) in [5.74, 6) is 0.744. The van der Waals surface area contributed by atoms with E-state index in [2.05, 4.69) is 10.3 Å². The van der Waals surface area contributed by atoms with Crippen molar-refractivity contribution in [1.29, 1.82) is 0 Å². The number of aromatic nitrogens is 1. The van der Waals surface area contributed by atoms with Crippen molar-refractivity contribution in [2.75, 3.05) is 6.61 Å². The highest BCUT2D eigenvalue weighted by Crippen LogP contribution is 2.35. The number of nitrogens with one attached hydrogen (secondary N) is 1. The third-order valence-electron chi connectivity index (χ3n) is 5.40. The summed E-state index contributed by atoms with van der Waals surface area (Å²) in [6, 6.07) is 24.5. The maximum Gasteiger partial charge on any atom is 0.221 e. The fourth-order valence-corrected chi connectivity index (χ4v) is 3.78. The molecule has 0 bridgehead atoms. The van der Waals surface area contributed by atoms with E-state index in [4.69, 9.17) is 4.74 Å². The summed E-state index contributed by atoms with van der Waals surface area (Å²) in [5.41, 5.74) is 3.08. The molecule has 0 radical (unpaired) electrons. The number of aromatic hydroxyl groups is 1. The van der Waals surface area contributed by atoms with Gasteiger partial charge in [-0.2, -0.15) is 0 Å². The van der Waals surface area contributed by atoms with Crippen LogP contribution < -0.4 is 10.1 Å². The molecule has 0 saturated heterocycles. The third kappa shape index (κ3) is 4.89. The van der Waals surface area contributed by atoms with Crippen LogP contribution in [0.5, 0.6) is 11.5 Å². The van der Waals surface area contributed by atoms with Gasteiger partial charge in [0.05, 0.1) is 12.6 Å². The van der Waals surface area contributed by atoms with Crippen LogP contribution in [0.25, 0.3) is 10.9 Å². The van der Waals surface area contributed by atoms with Crippen LogP contribution in [0.3, 0.4) is 0 Å². The molecule has 4 aromatic rings. The van der Waals surface area contributed by atoms with E-state index < -0.39 is 6.04 Å². The lowest BCUT2D eigenvalue weighted by Gasteiger charge is -2.22. The first-order chi connectivity index (χ1) is 15.7. The molecule has 2 N–H and O–H groups in total. The van der Waals surface area contributed by atoms with Gasteiger partial charge in [-0.3, -0.25) is 9.78 Å². The van der Waals surface area contributed by atoms with Gasteiger partial charge in [0.15, 0.2) is 0 Å². The maximum atomic E-state index is 12.9. The Bertz CT molecular complexity index is 1190. The average Bonchev–Trinajstić information content (AvgIpc) is 2.83. The third-order valence-corrected chi connectivity index (χ3v) is 5.40. The number of rotatable bonds is 8. The Morgan fingerprint density at radius 1 is 1.00 bits per heavy atom. The quantitative estimate of drug-likeness (QED) is 0.407. The molecule has 32 heavy (non-hydrogen) atoms. The van der Waals surface area contributed by atoms with Crippen molar-refractivity contribution in [2.24, 2.45) is 0 Å². The van der Waals surface area contributed by atoms with Crippen LogP contribution in [0, 0.1) is 0 Å². The Morgan fingerprint density at radius 3 is 2.53 bits per heavy atom. The van der Waals surface area contributed by atoms with Gasteiger partial charge < -0.3 is 15.2 Å². The molecule has 1 heterocycles. The molecule has 5 nitrogen and oxygen atoms in total. The van der Waals surface area contributed by atoms with Crippen LogP contribution in [-0.4, -0.2) is 22.6 Å². The minimum Gasteiger partial charge on any atom is -0.505 e. The molecule has 0 aliphatic heterocycles. The Hall–Kier alpha value is -3.86. The van der Waals surface area contributed by atoms with E-state index >= 15 is 0 Å². The number of nitrogens with zero attached hydrogens (tertiary/aromatic N) is 1. The second-order valence-electron chi connectivity index (χ2n) is 7.57. The Kier molecular flexibility index (Phi) is 6.66. The van der Waals surface area contributed by atoms with Crippen molar-refractivity contribution in [1.82, 2.24) is 10.3 Å². The van der Waals surface area contributed by atoms with Crippen LogP contribution in [0.1, 0.15) is 36.1 Å². The number of phenols is 1. The molecule has 0 aliphatic rings. The van der Waals surface area contributed by atoms with Crippen molar-refractivity contribution < 1.29 is 14.6 Å². The van der Waals surface area contributed by atoms with E-state index in [0.717, 1.165) is 22.3 Å². The lowest BCUT2D eigenvalue weighted by atomic mass is 9.95. The predicted octanol–water partition coefficient (Wildman–Crippen LogP) is 5.18. The van der Waals surface area contributed by atoms with Gasteiger partial charge in [0, 0.05) is 23.6 Å². The van der Waals surface area contributed by atoms with E-state index in [9.17, 15) is 9.90 Å². The maximum absolute atomic E-state index is 12.9. The molecule has 0 saturated carbocycles. The van der Waals surface area contributed by atoms with Gasteiger partial charge >= 0.3 is 0 Å². The van der Waals surface area contributed by atoms with Gasteiger partial charge in [0.1, 0.15) is 17.0 Å². The summed E-state index contributed by atoms with van der Waals surface area (Å²) < 4.78 is 5.55. The van der Waals surface area contributed by atoms with Gasteiger partial charge in [-0.15, -0.1) is 0 Å². The average molecular weight is 427 g/mol. The molecule has 1 aromatic heterocycles. The van der Waals surface area contributed by atoms with E-state index in [1.807, 2.05) is 85.8 Å². The van der Waals surface area contributed by atoms with Crippen LogP contribution in [0.4, 0.5) is 0 Å². The number of hydrogen-bond donors (Lipinski definition) is 2. The molecule has 0 aliphatic carbocycles. The number of phenolic OH excluding ortho intramolecular Hbond substituents is 1. The van der Waals surface area contributed by atoms with Crippen molar-refractivity contribution in [2.45, 2.75) is 25.8 Å². The summed E-state index contributed by atoms with van der Waals surface area (Å²) in [7, 11) is 0. The Morgan fingerprint density at radius 2 is 1.78 bits per heavy atom. The summed E-state index contributed by atoms with van der Waals surface area (Å²) >= 11 is 0. The largest absolute Gasteiger partial charge is 0.505 e. The minimum atomic E-state index is -0.514. The van der Waals surface area contributed by atoms with Crippen LogP contribution in [-0.2, 0) is 11.2 Å². The molecule has 5 heteroatoms. The highest BCUT2D eigenvalue weighted by molar-refractivity contribution is 5.86. The Labute approximate surface area is 187 Å². The number of amides is 1. The molecule has 3 aromatic carbocycles. The molecule has 1 unspecified atom stereocenters. The van der Waals surface area contributed by atoms with Crippen molar-refractivity contribution >= 4 is 16.8 Å². The molecule has 1 atom stereocenters. The zero-order valence-corrected chi connectivity index (χ0v) is 18.0. The van der Waals surface area contributed by atoms with Crippen LogP contribution >= 0.6 is 0 Å². The van der Waals surface area contributed by atoms with Crippen LogP contribution in [0.2, 0.25) is 0 Å². The summed E-state index contributed by atoms with van der Waals surface area (Å²) in [6.07, 6.45) is 2.65. The summed E-state index contributed by atoms with van der Waals surface area (Å²) in [6.45, 7) is 2.51. The number of benzene rings is 3. The standard InChI is InChI=1S/C27H26N2O3/c1-2-32-22-14-11-21(12-15-22)25(29-24(30)17-10-19-7-4-3-5-8-19)23-16-13-20-9-6-18-28-26(20)27(23)31/h3-9,11-16,18,25,31H,2,10,17H2,1H3,(H,29,30). The minimum absolute atomic E-state index is 0.0744. The number of carbonyl (C=O) groups excluding carboxylic acids is 1. The molecule has 0 fully saturated rings. The number of pyridine rings is 1. The molecule has 1 amide bonds. The second-order valence-corrected chi connectivity index (χ2v) is 7.57. The van der Waals surface area contributed by atoms with E-state index in [0.29, 0.717) is 30.5 Å². The molecular weight excluding hydrogens is 400 g/mol. The number of ether oxygens (including phenoxy) is 1. The molecule has 162 valence electrons. The summed E-state index contributed by atoms with van der Waals surface area (Å²) in [5, 5.41) is 15.0. The Balaban J connectivity index is 1.64. The fraction of sp³-hybridized carbons (Fsp3) is 0.185. The number of aryl methyl sites for hydroxylation is 1. The monoisotopic (exact) mass is 426 g/mol. The summed E-state index contributed by atoms with van der Waals surface area (Å²) in [4.78, 5) is 17.2. The molecule has 0 spiro atoms. The topological polar surface area (TPSA) is 71.5 Å². The van der Waals surface area contributed by atoms with Crippen molar-refractivity contribution in [3.63, 3.8) is 0 Å². The van der Waals surface area contributed by atoms with Gasteiger partial charge in [-0.25, -0.2) is 0 Å². The predicted molar refractivity (Wildman–Crippen MR) is 126 cm³/mol. The smallest absolute Gasteiger partial charge is 0.221 e. The van der Waals surface area contributed by atoms with Gasteiger partial charge in [-0.1, -0.05) is 60.7 Å². The normalized spacial score (nSPS) is 11.8. The highest BCUT2D eigenvalue weighted by atomic mass is 16.5. The molecular formula is C27H26N2O3. The second kappa shape index (κ2) is 9.96. The van der Waals surface area contributed by atoms with Gasteiger partial charge in [-0.05, 0) is 42.7 Å². The number of hydrogen-bond acceptors (Lipinski definition) is 4. The van der Waals surface area contributed by atoms with Crippen molar-refractivity contribution in [3.05, 3.63) is 102 Å².